The number of nitrogens with two attached hydrogens (primary N) is 1. The highest BCUT2D eigenvalue weighted by Gasteiger charge is 2.23. The second-order valence-electron chi connectivity index (χ2n) is 4.49. The quantitative estimate of drug-likeness (QED) is 0.755. The smallest absolute Gasteiger partial charge is 0.261 e. The molecule has 0 aromatic carbocycles. The molecule has 1 amide bonds. The SMILES string of the molecule is Cc1ccc(C(N)=S)c(=O)n1CC(=O)NC1CC1. The molecule has 1 heterocycles. The average Bonchev–Trinajstić information content (AvgIpc) is 3.07. The van der Waals surface area contributed by atoms with Crippen LogP contribution < -0.4 is 16.6 Å². The van der Waals surface area contributed by atoms with Crippen molar-refractivity contribution in [1.29, 1.82) is 0 Å². The summed E-state index contributed by atoms with van der Waals surface area (Å²) >= 11 is 4.81. The molecule has 0 bridgehead atoms. The van der Waals surface area contributed by atoms with E-state index in [0.29, 0.717) is 5.69 Å². The molecule has 1 saturated carbocycles. The minimum absolute atomic E-state index is 0.0115. The number of nitrogens with one attached hydrogen (secondary N) is 1. The molecule has 1 aromatic rings. The number of amides is 1. The summed E-state index contributed by atoms with van der Waals surface area (Å²) in [5, 5.41) is 2.84. The van der Waals surface area contributed by atoms with Gasteiger partial charge in [0.15, 0.2) is 0 Å². The molecule has 0 atom stereocenters. The first kappa shape index (κ1) is 12.8. The first-order valence-electron chi connectivity index (χ1n) is 5.78. The van der Waals surface area contributed by atoms with E-state index in [4.69, 9.17) is 18.0 Å². The third kappa shape index (κ3) is 2.76. The number of hydrogen-bond acceptors (Lipinski definition) is 3. The molecule has 5 nitrogen and oxygen atoms in total. The molecule has 1 fully saturated rings. The van der Waals surface area contributed by atoms with Gasteiger partial charge in [0.2, 0.25) is 5.91 Å². The summed E-state index contributed by atoms with van der Waals surface area (Å²) in [5.74, 6) is -0.150. The largest absolute Gasteiger partial charge is 0.389 e. The first-order chi connectivity index (χ1) is 8.49. The summed E-state index contributed by atoms with van der Waals surface area (Å²) in [6, 6.07) is 3.61. The Morgan fingerprint density at radius 1 is 1.56 bits per heavy atom. The Labute approximate surface area is 110 Å². The third-order valence-corrected chi connectivity index (χ3v) is 3.12. The van der Waals surface area contributed by atoms with Crippen LogP contribution in [-0.2, 0) is 11.3 Å². The van der Waals surface area contributed by atoms with E-state index in [0.717, 1.165) is 12.8 Å². The monoisotopic (exact) mass is 265 g/mol. The number of nitrogens with zero attached hydrogens (tertiary/aromatic N) is 1. The Kier molecular flexibility index (Phi) is 3.47. The lowest BCUT2D eigenvalue weighted by Gasteiger charge is -2.11. The number of pyridine rings is 1. The number of carbonyl (C=O) groups excluding carboxylic acids is 1. The van der Waals surface area contributed by atoms with Crippen molar-refractivity contribution >= 4 is 23.1 Å². The van der Waals surface area contributed by atoms with Crippen molar-refractivity contribution in [2.45, 2.75) is 32.4 Å². The molecule has 1 aliphatic carbocycles. The van der Waals surface area contributed by atoms with Gasteiger partial charge in [0.1, 0.15) is 11.5 Å². The Hall–Kier alpha value is -1.69. The molecule has 0 radical (unpaired) electrons. The van der Waals surface area contributed by atoms with E-state index in [9.17, 15) is 9.59 Å². The van der Waals surface area contributed by atoms with Gasteiger partial charge in [-0.05, 0) is 31.9 Å². The van der Waals surface area contributed by atoms with Crippen LogP contribution in [0.4, 0.5) is 0 Å². The minimum Gasteiger partial charge on any atom is -0.389 e. The Morgan fingerprint density at radius 2 is 2.22 bits per heavy atom. The Bertz CT molecular complexity index is 561. The highest BCUT2D eigenvalue weighted by Crippen LogP contribution is 2.18. The normalized spacial score (nSPS) is 14.3. The number of aryl methyl sites for hydroxylation is 1. The Balaban J connectivity index is 2.25. The summed E-state index contributed by atoms with van der Waals surface area (Å²) < 4.78 is 1.40. The molecule has 18 heavy (non-hydrogen) atoms. The number of thiocarbonyl (C=S) groups is 1. The van der Waals surface area contributed by atoms with Crippen molar-refractivity contribution in [1.82, 2.24) is 9.88 Å². The maximum atomic E-state index is 12.1. The number of carbonyl (C=O) groups is 1. The van der Waals surface area contributed by atoms with Crippen LogP contribution in [0.2, 0.25) is 0 Å². The molecular formula is C12H15N3O2S. The van der Waals surface area contributed by atoms with E-state index < -0.39 is 0 Å². The predicted octanol–water partition coefficient (Wildman–Crippen LogP) is 0.0695. The van der Waals surface area contributed by atoms with E-state index >= 15 is 0 Å². The van der Waals surface area contributed by atoms with Gasteiger partial charge < -0.3 is 15.6 Å². The number of aromatic nitrogens is 1. The van der Waals surface area contributed by atoms with Crippen molar-refractivity contribution in [2.75, 3.05) is 0 Å². The van der Waals surface area contributed by atoms with Crippen LogP contribution in [0.5, 0.6) is 0 Å². The maximum Gasteiger partial charge on any atom is 0.261 e. The third-order valence-electron chi connectivity index (χ3n) is 2.90. The van der Waals surface area contributed by atoms with Crippen molar-refractivity contribution in [2.24, 2.45) is 5.73 Å². The van der Waals surface area contributed by atoms with Crippen molar-refractivity contribution in [3.8, 4) is 0 Å². The highest BCUT2D eigenvalue weighted by molar-refractivity contribution is 7.80. The van der Waals surface area contributed by atoms with Gasteiger partial charge in [-0.15, -0.1) is 0 Å². The molecule has 1 aromatic heterocycles. The van der Waals surface area contributed by atoms with E-state index in [1.807, 2.05) is 0 Å². The van der Waals surface area contributed by atoms with Crippen LogP contribution in [0.1, 0.15) is 24.1 Å². The minimum atomic E-state index is -0.312. The maximum absolute atomic E-state index is 12.1. The highest BCUT2D eigenvalue weighted by atomic mass is 32.1. The van der Waals surface area contributed by atoms with Gasteiger partial charge in [0.25, 0.3) is 5.56 Å². The molecule has 0 saturated heterocycles. The summed E-state index contributed by atoms with van der Waals surface area (Å²) in [6.45, 7) is 1.78. The van der Waals surface area contributed by atoms with E-state index in [-0.39, 0.29) is 34.6 Å². The van der Waals surface area contributed by atoms with Crippen molar-refractivity contribution < 1.29 is 4.79 Å². The molecule has 0 aliphatic heterocycles. The zero-order valence-electron chi connectivity index (χ0n) is 10.1. The van der Waals surface area contributed by atoms with Crippen LogP contribution in [0, 0.1) is 6.92 Å². The van der Waals surface area contributed by atoms with Crippen molar-refractivity contribution in [3.63, 3.8) is 0 Å². The topological polar surface area (TPSA) is 77.1 Å². The predicted molar refractivity (Wildman–Crippen MR) is 72.5 cm³/mol. The van der Waals surface area contributed by atoms with Gasteiger partial charge in [-0.3, -0.25) is 9.59 Å². The zero-order chi connectivity index (χ0) is 13.3. The molecule has 2 rings (SSSR count). The molecule has 96 valence electrons. The second-order valence-corrected chi connectivity index (χ2v) is 4.93. The molecule has 6 heteroatoms. The van der Waals surface area contributed by atoms with E-state index in [1.54, 1.807) is 19.1 Å². The number of rotatable bonds is 4. The first-order valence-corrected chi connectivity index (χ1v) is 6.19. The average molecular weight is 265 g/mol. The van der Waals surface area contributed by atoms with Crippen LogP contribution in [0.15, 0.2) is 16.9 Å². The molecule has 0 unspecified atom stereocenters. The fourth-order valence-corrected chi connectivity index (χ4v) is 1.85. The van der Waals surface area contributed by atoms with Gasteiger partial charge in [-0.2, -0.15) is 0 Å². The molecular weight excluding hydrogens is 250 g/mol. The fourth-order valence-electron chi connectivity index (χ4n) is 1.70. The van der Waals surface area contributed by atoms with E-state index in [2.05, 4.69) is 5.32 Å². The fraction of sp³-hybridized carbons (Fsp3) is 0.417. The second kappa shape index (κ2) is 4.89. The van der Waals surface area contributed by atoms with Gasteiger partial charge in [0.05, 0.1) is 5.56 Å². The summed E-state index contributed by atoms with van der Waals surface area (Å²) in [6.07, 6.45) is 2.04. The Morgan fingerprint density at radius 3 is 2.78 bits per heavy atom. The van der Waals surface area contributed by atoms with E-state index in [1.165, 1.54) is 4.57 Å². The standard InChI is InChI=1S/C12H15N3O2S/c1-7-2-5-9(11(13)18)12(17)15(7)6-10(16)14-8-3-4-8/h2,5,8H,3-4,6H2,1H3,(H2,13,18)(H,14,16). The summed E-state index contributed by atoms with van der Waals surface area (Å²) in [5.41, 5.74) is 6.15. The molecule has 1 aliphatic rings. The van der Waals surface area contributed by atoms with Gasteiger partial charge in [0, 0.05) is 11.7 Å². The van der Waals surface area contributed by atoms with Gasteiger partial charge in [-0.1, -0.05) is 12.2 Å². The van der Waals surface area contributed by atoms with Gasteiger partial charge >= 0.3 is 0 Å². The number of hydrogen-bond donors (Lipinski definition) is 2. The van der Waals surface area contributed by atoms with Crippen LogP contribution in [0.25, 0.3) is 0 Å². The van der Waals surface area contributed by atoms with Crippen LogP contribution >= 0.6 is 12.2 Å². The van der Waals surface area contributed by atoms with Gasteiger partial charge in [-0.25, -0.2) is 0 Å². The summed E-state index contributed by atoms with van der Waals surface area (Å²) in [4.78, 5) is 23.8. The zero-order valence-corrected chi connectivity index (χ0v) is 10.9. The van der Waals surface area contributed by atoms with Crippen LogP contribution in [0.3, 0.4) is 0 Å². The lowest BCUT2D eigenvalue weighted by atomic mass is 10.2. The molecule has 3 N–H and O–H groups in total. The lowest BCUT2D eigenvalue weighted by molar-refractivity contribution is -0.121. The summed E-state index contributed by atoms with van der Waals surface area (Å²) in [7, 11) is 0. The van der Waals surface area contributed by atoms with Crippen molar-refractivity contribution in [3.05, 3.63) is 33.7 Å². The molecule has 0 spiro atoms. The van der Waals surface area contributed by atoms with Crippen LogP contribution in [-0.4, -0.2) is 21.5 Å². The lowest BCUT2D eigenvalue weighted by Crippen LogP contribution is -2.36.